The van der Waals surface area contributed by atoms with E-state index >= 15 is 0 Å². The van der Waals surface area contributed by atoms with E-state index < -0.39 is 0 Å². The van der Waals surface area contributed by atoms with E-state index in [4.69, 9.17) is 0 Å². The van der Waals surface area contributed by atoms with Crippen LogP contribution in [0.3, 0.4) is 0 Å². The number of rotatable bonds is 5. The van der Waals surface area contributed by atoms with Gasteiger partial charge < -0.3 is 0 Å². The van der Waals surface area contributed by atoms with Gasteiger partial charge in [0.25, 0.3) is 0 Å². The summed E-state index contributed by atoms with van der Waals surface area (Å²) in [7, 11) is 0. The standard InChI is InChI=1S/C14H30S/c1-8-9-10-11-15-12(13(2,3)4)14(5,6)7/h12H,8-11H2,1-7H3. The van der Waals surface area contributed by atoms with Gasteiger partial charge in [-0.25, -0.2) is 0 Å². The number of unbranched alkanes of at least 4 members (excludes halogenated alkanes) is 2. The van der Waals surface area contributed by atoms with Crippen molar-refractivity contribution in [3.63, 3.8) is 0 Å². The van der Waals surface area contributed by atoms with Gasteiger partial charge in [-0.2, -0.15) is 11.8 Å². The molecule has 0 heterocycles. The largest absolute Gasteiger partial charge is 0.157 e. The van der Waals surface area contributed by atoms with Crippen molar-refractivity contribution in [2.45, 2.75) is 73.0 Å². The fraction of sp³-hybridized carbons (Fsp3) is 1.00. The van der Waals surface area contributed by atoms with Crippen molar-refractivity contribution in [1.29, 1.82) is 0 Å². The molecule has 0 fully saturated rings. The molecule has 0 bridgehead atoms. The molecule has 0 rings (SSSR count). The summed E-state index contributed by atoms with van der Waals surface area (Å²) in [5.41, 5.74) is 0.824. The molecular formula is C14H30S. The first-order valence-electron chi connectivity index (χ1n) is 6.31. The Morgan fingerprint density at radius 1 is 0.867 bits per heavy atom. The molecular weight excluding hydrogens is 200 g/mol. The van der Waals surface area contributed by atoms with Crippen LogP contribution >= 0.6 is 11.8 Å². The minimum Gasteiger partial charge on any atom is -0.157 e. The molecule has 1 heteroatoms. The van der Waals surface area contributed by atoms with Gasteiger partial charge in [0.1, 0.15) is 0 Å². The minimum absolute atomic E-state index is 0.412. The Morgan fingerprint density at radius 2 is 1.33 bits per heavy atom. The van der Waals surface area contributed by atoms with Crippen LogP contribution in [-0.4, -0.2) is 11.0 Å². The van der Waals surface area contributed by atoms with E-state index in [-0.39, 0.29) is 0 Å². The monoisotopic (exact) mass is 230 g/mol. The van der Waals surface area contributed by atoms with E-state index in [0.29, 0.717) is 10.8 Å². The average Bonchev–Trinajstić information content (AvgIpc) is 1.99. The molecule has 15 heavy (non-hydrogen) atoms. The van der Waals surface area contributed by atoms with Crippen LogP contribution in [0.15, 0.2) is 0 Å². The first-order chi connectivity index (χ1) is 6.69. The van der Waals surface area contributed by atoms with Crippen molar-refractivity contribution in [1.82, 2.24) is 0 Å². The maximum Gasteiger partial charge on any atom is 0.0144 e. The zero-order valence-electron chi connectivity index (χ0n) is 11.8. The minimum atomic E-state index is 0.412. The third-order valence-electron chi connectivity index (χ3n) is 2.61. The van der Waals surface area contributed by atoms with Crippen LogP contribution in [-0.2, 0) is 0 Å². The number of hydrogen-bond acceptors (Lipinski definition) is 1. The first-order valence-corrected chi connectivity index (χ1v) is 7.36. The van der Waals surface area contributed by atoms with Gasteiger partial charge in [0.2, 0.25) is 0 Å². The normalized spacial score (nSPS) is 13.6. The second-order valence-corrected chi connectivity index (χ2v) is 7.90. The molecule has 0 aromatic heterocycles. The molecule has 0 aliphatic heterocycles. The number of hydrogen-bond donors (Lipinski definition) is 0. The molecule has 0 saturated heterocycles. The lowest BCUT2D eigenvalue weighted by atomic mass is 9.77. The van der Waals surface area contributed by atoms with Crippen molar-refractivity contribution in [2.75, 3.05) is 5.75 Å². The van der Waals surface area contributed by atoms with E-state index in [2.05, 4.69) is 60.2 Å². The van der Waals surface area contributed by atoms with Gasteiger partial charge in [0.05, 0.1) is 0 Å². The van der Waals surface area contributed by atoms with E-state index in [1.54, 1.807) is 0 Å². The fourth-order valence-electron chi connectivity index (χ4n) is 2.35. The molecule has 0 atom stereocenters. The van der Waals surface area contributed by atoms with E-state index in [9.17, 15) is 0 Å². The predicted molar refractivity (Wildman–Crippen MR) is 74.7 cm³/mol. The Kier molecular flexibility index (Phi) is 6.32. The maximum absolute atomic E-state index is 2.37. The molecule has 0 aromatic carbocycles. The topological polar surface area (TPSA) is 0 Å². The third kappa shape index (κ3) is 6.50. The summed E-state index contributed by atoms with van der Waals surface area (Å²) in [6.45, 7) is 16.5. The second kappa shape index (κ2) is 6.18. The van der Waals surface area contributed by atoms with Crippen LogP contribution in [0.5, 0.6) is 0 Å². The highest BCUT2D eigenvalue weighted by atomic mass is 32.2. The Hall–Kier alpha value is 0.350. The van der Waals surface area contributed by atoms with Crippen molar-refractivity contribution < 1.29 is 0 Å². The Bertz CT molecular complexity index is 145. The molecule has 0 aromatic rings. The van der Waals surface area contributed by atoms with Gasteiger partial charge >= 0.3 is 0 Å². The molecule has 0 N–H and O–H groups in total. The Labute approximate surface area is 102 Å². The molecule has 0 nitrogen and oxygen atoms in total. The maximum atomic E-state index is 2.37. The third-order valence-corrected chi connectivity index (χ3v) is 4.88. The molecule has 0 spiro atoms. The molecule has 92 valence electrons. The van der Waals surface area contributed by atoms with E-state index in [1.165, 1.54) is 25.0 Å². The molecule has 0 amide bonds. The second-order valence-electron chi connectivity index (χ2n) is 6.69. The van der Waals surface area contributed by atoms with Crippen LogP contribution in [0.2, 0.25) is 0 Å². The van der Waals surface area contributed by atoms with E-state index in [1.807, 2.05) is 0 Å². The van der Waals surface area contributed by atoms with Gasteiger partial charge in [0, 0.05) is 5.25 Å². The van der Waals surface area contributed by atoms with Crippen LogP contribution in [0.4, 0.5) is 0 Å². The summed E-state index contributed by atoms with van der Waals surface area (Å²) in [5, 5.41) is 0.752. The lowest BCUT2D eigenvalue weighted by Crippen LogP contribution is -2.35. The average molecular weight is 230 g/mol. The number of thioether (sulfide) groups is 1. The summed E-state index contributed by atoms with van der Waals surface area (Å²) in [6, 6.07) is 0. The molecule has 0 radical (unpaired) electrons. The van der Waals surface area contributed by atoms with Gasteiger partial charge in [-0.1, -0.05) is 61.3 Å². The zero-order chi connectivity index (χ0) is 12.1. The SMILES string of the molecule is CCCCCSC(C(C)(C)C)C(C)(C)C. The van der Waals surface area contributed by atoms with Crippen LogP contribution in [0.25, 0.3) is 0 Å². The zero-order valence-corrected chi connectivity index (χ0v) is 12.6. The van der Waals surface area contributed by atoms with Gasteiger partial charge in [-0.15, -0.1) is 0 Å². The van der Waals surface area contributed by atoms with Gasteiger partial charge in [-0.05, 0) is 23.0 Å². The molecule has 0 saturated carbocycles. The summed E-state index contributed by atoms with van der Waals surface area (Å²) >= 11 is 2.18. The summed E-state index contributed by atoms with van der Waals surface area (Å²) in [4.78, 5) is 0. The van der Waals surface area contributed by atoms with Crippen molar-refractivity contribution >= 4 is 11.8 Å². The van der Waals surface area contributed by atoms with Gasteiger partial charge in [-0.3, -0.25) is 0 Å². The summed E-state index contributed by atoms with van der Waals surface area (Å²) in [5.74, 6) is 1.33. The highest BCUT2D eigenvalue weighted by Gasteiger charge is 2.34. The highest BCUT2D eigenvalue weighted by Crippen LogP contribution is 2.42. The van der Waals surface area contributed by atoms with Crippen LogP contribution in [0, 0.1) is 10.8 Å². The highest BCUT2D eigenvalue weighted by molar-refractivity contribution is 7.99. The van der Waals surface area contributed by atoms with Crippen molar-refractivity contribution in [2.24, 2.45) is 10.8 Å². The first kappa shape index (κ1) is 15.3. The Balaban J connectivity index is 4.17. The molecule has 0 aliphatic carbocycles. The lowest BCUT2D eigenvalue weighted by Gasteiger charge is -2.40. The predicted octanol–water partition coefficient (Wildman–Crippen LogP) is 5.37. The summed E-state index contributed by atoms with van der Waals surface area (Å²) in [6.07, 6.45) is 4.09. The smallest absolute Gasteiger partial charge is 0.0144 e. The lowest BCUT2D eigenvalue weighted by molar-refractivity contribution is 0.249. The molecule has 0 unspecified atom stereocenters. The quantitative estimate of drug-likeness (QED) is 0.572. The van der Waals surface area contributed by atoms with Crippen molar-refractivity contribution in [3.05, 3.63) is 0 Å². The fourth-order valence-corrected chi connectivity index (χ4v) is 3.96. The van der Waals surface area contributed by atoms with Crippen molar-refractivity contribution in [3.8, 4) is 0 Å². The Morgan fingerprint density at radius 3 is 1.67 bits per heavy atom. The van der Waals surface area contributed by atoms with E-state index in [0.717, 1.165) is 5.25 Å². The summed E-state index contributed by atoms with van der Waals surface area (Å²) < 4.78 is 0. The molecule has 0 aliphatic rings. The van der Waals surface area contributed by atoms with Gasteiger partial charge in [0.15, 0.2) is 0 Å². The van der Waals surface area contributed by atoms with Crippen LogP contribution in [0.1, 0.15) is 67.7 Å². The van der Waals surface area contributed by atoms with Crippen LogP contribution < -0.4 is 0 Å².